The normalized spacial score (nSPS) is 34.4. The Hall–Kier alpha value is -1.81. The molecular weight excluding hydrogens is 366 g/mol. The predicted molar refractivity (Wildman–Crippen MR) is 110 cm³/mol. The fourth-order valence-electron chi connectivity index (χ4n) is 6.51. The van der Waals surface area contributed by atoms with Crippen LogP contribution in [-0.2, 0) is 4.79 Å². The van der Waals surface area contributed by atoms with Crippen LogP contribution in [0.3, 0.4) is 0 Å². The van der Waals surface area contributed by atoms with E-state index in [1.165, 1.54) is 25.7 Å². The van der Waals surface area contributed by atoms with Crippen molar-refractivity contribution in [3.8, 4) is 6.07 Å². The maximum Gasteiger partial charge on any atom is 0.319 e. The molecule has 2 heterocycles. The van der Waals surface area contributed by atoms with Gasteiger partial charge in [-0.3, -0.25) is 4.79 Å². The highest BCUT2D eigenvalue weighted by Crippen LogP contribution is 2.51. The monoisotopic (exact) mass is 401 g/mol. The molecule has 0 bridgehead atoms. The Morgan fingerprint density at radius 1 is 1.10 bits per heavy atom. The van der Waals surface area contributed by atoms with Gasteiger partial charge in [-0.15, -0.1) is 0 Å². The topological polar surface area (TPSA) is 79.7 Å². The molecule has 0 spiro atoms. The van der Waals surface area contributed by atoms with Crippen LogP contribution in [0.2, 0.25) is 0 Å². The lowest BCUT2D eigenvalue weighted by Crippen LogP contribution is -2.54. The first-order valence-corrected chi connectivity index (χ1v) is 11.3. The van der Waals surface area contributed by atoms with Crippen molar-refractivity contribution in [1.29, 1.82) is 5.26 Å². The first kappa shape index (κ1) is 20.5. The van der Waals surface area contributed by atoms with E-state index in [1.807, 2.05) is 19.0 Å². The zero-order valence-electron chi connectivity index (χ0n) is 17.9. The summed E-state index contributed by atoms with van der Waals surface area (Å²) in [7, 11) is 3.64. The minimum absolute atomic E-state index is 0.0244. The van der Waals surface area contributed by atoms with Gasteiger partial charge in [0.15, 0.2) is 0 Å². The lowest BCUT2D eigenvalue weighted by atomic mass is 9.79. The van der Waals surface area contributed by atoms with Crippen molar-refractivity contribution in [1.82, 2.24) is 20.0 Å². The second-order valence-electron chi connectivity index (χ2n) is 9.88. The van der Waals surface area contributed by atoms with Crippen LogP contribution in [0.25, 0.3) is 0 Å². The average molecular weight is 402 g/mol. The summed E-state index contributed by atoms with van der Waals surface area (Å²) in [6.07, 6.45) is 8.91. The minimum atomic E-state index is -0.250. The summed E-state index contributed by atoms with van der Waals surface area (Å²) < 4.78 is 0. The van der Waals surface area contributed by atoms with E-state index >= 15 is 0 Å². The maximum atomic E-state index is 12.8. The molecule has 3 atom stereocenters. The Balaban J connectivity index is 1.42. The summed E-state index contributed by atoms with van der Waals surface area (Å²) in [4.78, 5) is 30.7. The molecule has 0 aromatic heterocycles. The molecule has 4 rings (SSSR count). The first-order valence-electron chi connectivity index (χ1n) is 11.3. The Kier molecular flexibility index (Phi) is 5.74. The predicted octanol–water partition coefficient (Wildman–Crippen LogP) is 2.04. The molecular formula is C22H35N5O2. The summed E-state index contributed by atoms with van der Waals surface area (Å²) >= 11 is 0. The van der Waals surface area contributed by atoms with Crippen molar-refractivity contribution in [3.63, 3.8) is 0 Å². The van der Waals surface area contributed by atoms with E-state index in [0.29, 0.717) is 30.8 Å². The van der Waals surface area contributed by atoms with Crippen LogP contribution < -0.4 is 5.32 Å². The molecule has 0 aromatic rings. The molecule has 7 nitrogen and oxygen atoms in total. The van der Waals surface area contributed by atoms with Crippen LogP contribution in [0.1, 0.15) is 51.4 Å². The van der Waals surface area contributed by atoms with Gasteiger partial charge >= 0.3 is 6.03 Å². The van der Waals surface area contributed by atoms with Crippen molar-refractivity contribution in [2.45, 2.75) is 62.9 Å². The second-order valence-corrected chi connectivity index (χ2v) is 9.88. The maximum absolute atomic E-state index is 12.8. The van der Waals surface area contributed by atoms with Gasteiger partial charge in [0, 0.05) is 39.3 Å². The molecule has 0 aromatic carbocycles. The number of amides is 3. The van der Waals surface area contributed by atoms with E-state index in [2.05, 4.69) is 11.4 Å². The Morgan fingerprint density at radius 2 is 1.76 bits per heavy atom. The van der Waals surface area contributed by atoms with E-state index in [0.717, 1.165) is 38.8 Å². The van der Waals surface area contributed by atoms with Crippen LogP contribution in [-0.4, -0.2) is 78.5 Å². The number of rotatable bonds is 4. The highest BCUT2D eigenvalue weighted by molar-refractivity contribution is 5.79. The van der Waals surface area contributed by atoms with E-state index < -0.39 is 0 Å². The number of hydrogen-bond acceptors (Lipinski definition) is 4. The summed E-state index contributed by atoms with van der Waals surface area (Å²) in [5.41, 5.74) is 0.0244. The highest BCUT2D eigenvalue weighted by Gasteiger charge is 2.53. The number of urea groups is 1. The number of carbonyl (C=O) groups excluding carboxylic acids is 2. The first-order chi connectivity index (χ1) is 13.9. The molecule has 1 N–H and O–H groups in total. The van der Waals surface area contributed by atoms with E-state index in [9.17, 15) is 14.9 Å². The highest BCUT2D eigenvalue weighted by atomic mass is 16.2. The van der Waals surface area contributed by atoms with Crippen molar-refractivity contribution in [3.05, 3.63) is 0 Å². The van der Waals surface area contributed by atoms with Crippen LogP contribution >= 0.6 is 0 Å². The van der Waals surface area contributed by atoms with E-state index in [4.69, 9.17) is 0 Å². The van der Waals surface area contributed by atoms with Crippen molar-refractivity contribution < 1.29 is 9.59 Å². The molecule has 7 heteroatoms. The second kappa shape index (κ2) is 8.14. The van der Waals surface area contributed by atoms with Gasteiger partial charge in [0.05, 0.1) is 12.6 Å². The molecule has 2 aliphatic heterocycles. The van der Waals surface area contributed by atoms with Crippen LogP contribution in [0, 0.1) is 29.1 Å². The lowest BCUT2D eigenvalue weighted by molar-refractivity contribution is -0.130. The fourth-order valence-corrected chi connectivity index (χ4v) is 6.51. The molecule has 160 valence electrons. The third kappa shape index (κ3) is 3.84. The molecule has 4 fully saturated rings. The lowest BCUT2D eigenvalue weighted by Gasteiger charge is -2.39. The number of likely N-dealkylation sites (tertiary alicyclic amines) is 2. The zero-order valence-corrected chi connectivity index (χ0v) is 17.9. The largest absolute Gasteiger partial charge is 0.331 e. The van der Waals surface area contributed by atoms with Crippen LogP contribution in [0.5, 0.6) is 0 Å². The molecule has 2 aliphatic carbocycles. The number of fused-ring (bicyclic) bond motifs is 1. The summed E-state index contributed by atoms with van der Waals surface area (Å²) in [6.45, 7) is 2.74. The van der Waals surface area contributed by atoms with E-state index in [-0.39, 0.29) is 23.5 Å². The van der Waals surface area contributed by atoms with Gasteiger partial charge in [-0.25, -0.2) is 4.79 Å². The van der Waals surface area contributed by atoms with Gasteiger partial charge in [0.25, 0.3) is 0 Å². The van der Waals surface area contributed by atoms with Crippen LogP contribution in [0.15, 0.2) is 0 Å². The molecule has 2 saturated heterocycles. The van der Waals surface area contributed by atoms with Crippen molar-refractivity contribution in [2.75, 3.05) is 40.3 Å². The SMILES string of the molecule is CN(C)C(=O)N1CC2CC(NCC(=O)N3CCCC3C#N)(C3CCCC3)CC2C1. The van der Waals surface area contributed by atoms with Gasteiger partial charge in [-0.1, -0.05) is 12.8 Å². The fraction of sp³-hybridized carbons (Fsp3) is 0.864. The standard InChI is InChI=1S/C22H35N5O2/c1-25(2)21(29)26-14-16-10-22(11-17(16)15-26,18-6-3-4-7-18)24-13-20(28)27-9-5-8-19(27)12-23/h16-19,24H,3-11,13-15H2,1-2H3. The molecule has 3 unspecified atom stereocenters. The smallest absolute Gasteiger partial charge is 0.319 e. The van der Waals surface area contributed by atoms with Gasteiger partial charge in [-0.2, -0.15) is 5.26 Å². The minimum Gasteiger partial charge on any atom is -0.331 e. The Bertz CT molecular complexity index is 667. The van der Waals surface area contributed by atoms with Crippen molar-refractivity contribution in [2.24, 2.45) is 17.8 Å². The third-order valence-corrected chi connectivity index (χ3v) is 7.93. The number of hydrogen-bond donors (Lipinski definition) is 1. The van der Waals surface area contributed by atoms with Crippen LogP contribution in [0.4, 0.5) is 4.79 Å². The van der Waals surface area contributed by atoms with Crippen molar-refractivity contribution >= 4 is 11.9 Å². The number of nitrogens with zero attached hydrogens (tertiary/aromatic N) is 4. The quantitative estimate of drug-likeness (QED) is 0.782. The summed E-state index contributed by atoms with van der Waals surface area (Å²) in [5.74, 6) is 1.76. The molecule has 2 saturated carbocycles. The average Bonchev–Trinajstić information content (AvgIpc) is 3.48. The van der Waals surface area contributed by atoms with Gasteiger partial charge in [-0.05, 0) is 56.3 Å². The Morgan fingerprint density at radius 3 is 2.34 bits per heavy atom. The van der Waals surface area contributed by atoms with Gasteiger partial charge in [0.1, 0.15) is 6.04 Å². The van der Waals surface area contributed by atoms with Gasteiger partial charge in [0.2, 0.25) is 5.91 Å². The summed E-state index contributed by atoms with van der Waals surface area (Å²) in [6, 6.07) is 2.15. The molecule has 0 radical (unpaired) electrons. The molecule has 4 aliphatic rings. The summed E-state index contributed by atoms with van der Waals surface area (Å²) in [5, 5.41) is 13.0. The zero-order chi connectivity index (χ0) is 20.6. The third-order valence-electron chi connectivity index (χ3n) is 7.93. The number of nitrogens with one attached hydrogen (secondary N) is 1. The van der Waals surface area contributed by atoms with E-state index in [1.54, 1.807) is 9.80 Å². The van der Waals surface area contributed by atoms with Gasteiger partial charge < -0.3 is 20.0 Å². The molecule has 3 amide bonds. The number of carbonyl (C=O) groups is 2. The Labute approximate surface area is 174 Å². The number of nitriles is 1. The molecule has 29 heavy (non-hydrogen) atoms.